The summed E-state index contributed by atoms with van der Waals surface area (Å²) in [5.74, 6) is 0.498. The Labute approximate surface area is 91.4 Å². The molecule has 1 aromatic heterocycles. The van der Waals surface area contributed by atoms with Crippen LogP contribution in [0.3, 0.4) is 0 Å². The van der Waals surface area contributed by atoms with Crippen molar-refractivity contribution in [2.75, 3.05) is 6.61 Å². The number of hydrogen-bond donors (Lipinski definition) is 1. The maximum absolute atomic E-state index is 11.8. The number of alkyl halides is 3. The van der Waals surface area contributed by atoms with Crippen LogP contribution in [0.1, 0.15) is 18.5 Å². The number of ether oxygens (including phenoxy) is 1. The Bertz CT molecular complexity index is 328. The third-order valence-corrected chi connectivity index (χ3v) is 1.87. The standard InChI is InChI=1S/C10H13F3N2O/c11-10(12,13)3-1-5-16-9-2-4-15-8(6-9)7-14/h2,4,6H,1,3,5,7,14H2. The summed E-state index contributed by atoms with van der Waals surface area (Å²) in [4.78, 5) is 3.94. The number of aromatic nitrogens is 1. The van der Waals surface area contributed by atoms with E-state index in [4.69, 9.17) is 10.5 Å². The SMILES string of the molecule is NCc1cc(OCCCC(F)(F)F)ccn1. The van der Waals surface area contributed by atoms with Crippen molar-refractivity contribution in [1.29, 1.82) is 0 Å². The molecule has 0 saturated carbocycles. The molecule has 0 aliphatic heterocycles. The van der Waals surface area contributed by atoms with Crippen LogP contribution in [0.5, 0.6) is 5.75 Å². The van der Waals surface area contributed by atoms with E-state index in [2.05, 4.69) is 4.98 Å². The molecule has 1 aromatic rings. The van der Waals surface area contributed by atoms with E-state index in [1.54, 1.807) is 12.1 Å². The van der Waals surface area contributed by atoms with Crippen LogP contribution < -0.4 is 10.5 Å². The van der Waals surface area contributed by atoms with Gasteiger partial charge in [-0.3, -0.25) is 4.98 Å². The van der Waals surface area contributed by atoms with Crippen LogP contribution in [0.15, 0.2) is 18.3 Å². The number of rotatable bonds is 5. The van der Waals surface area contributed by atoms with Gasteiger partial charge in [0.15, 0.2) is 0 Å². The molecule has 0 spiro atoms. The first kappa shape index (κ1) is 12.8. The molecule has 0 aliphatic rings. The molecule has 0 amide bonds. The van der Waals surface area contributed by atoms with Gasteiger partial charge in [-0.15, -0.1) is 0 Å². The van der Waals surface area contributed by atoms with Crippen molar-refractivity contribution in [3.63, 3.8) is 0 Å². The minimum absolute atomic E-state index is 0.0353. The average molecular weight is 234 g/mol. The molecule has 0 unspecified atom stereocenters. The first-order chi connectivity index (χ1) is 7.51. The maximum atomic E-state index is 11.8. The molecule has 0 atom stereocenters. The molecule has 3 nitrogen and oxygen atoms in total. The van der Waals surface area contributed by atoms with Gasteiger partial charge < -0.3 is 10.5 Å². The van der Waals surface area contributed by atoms with Crippen molar-refractivity contribution in [2.45, 2.75) is 25.6 Å². The van der Waals surface area contributed by atoms with Gasteiger partial charge in [-0.25, -0.2) is 0 Å². The summed E-state index contributed by atoms with van der Waals surface area (Å²) in [5.41, 5.74) is 6.01. The zero-order valence-corrected chi connectivity index (χ0v) is 8.63. The van der Waals surface area contributed by atoms with Gasteiger partial charge in [0.2, 0.25) is 0 Å². The van der Waals surface area contributed by atoms with Crippen molar-refractivity contribution in [2.24, 2.45) is 5.73 Å². The Balaban J connectivity index is 2.32. The highest BCUT2D eigenvalue weighted by Gasteiger charge is 2.26. The third-order valence-electron chi connectivity index (χ3n) is 1.87. The highest BCUT2D eigenvalue weighted by Crippen LogP contribution is 2.21. The normalized spacial score (nSPS) is 11.5. The zero-order chi connectivity index (χ0) is 12.0. The average Bonchev–Trinajstić information content (AvgIpc) is 2.23. The smallest absolute Gasteiger partial charge is 0.389 e. The van der Waals surface area contributed by atoms with Crippen molar-refractivity contribution < 1.29 is 17.9 Å². The van der Waals surface area contributed by atoms with Gasteiger partial charge in [-0.05, 0) is 12.5 Å². The first-order valence-electron chi connectivity index (χ1n) is 4.86. The zero-order valence-electron chi connectivity index (χ0n) is 8.63. The minimum Gasteiger partial charge on any atom is -0.493 e. The molecule has 0 bridgehead atoms. The molecule has 1 heterocycles. The van der Waals surface area contributed by atoms with Crippen LogP contribution in [0.2, 0.25) is 0 Å². The van der Waals surface area contributed by atoms with Crippen molar-refractivity contribution in [3.05, 3.63) is 24.0 Å². The third kappa shape index (κ3) is 4.97. The van der Waals surface area contributed by atoms with E-state index in [0.29, 0.717) is 11.4 Å². The minimum atomic E-state index is -4.12. The molecule has 0 saturated heterocycles. The van der Waals surface area contributed by atoms with Crippen LogP contribution >= 0.6 is 0 Å². The number of halogens is 3. The first-order valence-corrected chi connectivity index (χ1v) is 4.86. The lowest BCUT2D eigenvalue weighted by Gasteiger charge is -2.08. The van der Waals surface area contributed by atoms with Crippen LogP contribution in [-0.2, 0) is 6.54 Å². The van der Waals surface area contributed by atoms with Crippen LogP contribution in [0, 0.1) is 0 Å². The lowest BCUT2D eigenvalue weighted by Crippen LogP contribution is -2.10. The largest absolute Gasteiger partial charge is 0.493 e. The van der Waals surface area contributed by atoms with Gasteiger partial charge in [0, 0.05) is 25.2 Å². The van der Waals surface area contributed by atoms with E-state index in [-0.39, 0.29) is 19.6 Å². The summed E-state index contributed by atoms with van der Waals surface area (Å²) >= 11 is 0. The molecule has 0 aromatic carbocycles. The Hall–Kier alpha value is -1.30. The van der Waals surface area contributed by atoms with E-state index in [9.17, 15) is 13.2 Å². The van der Waals surface area contributed by atoms with E-state index < -0.39 is 12.6 Å². The fourth-order valence-corrected chi connectivity index (χ4v) is 1.12. The summed E-state index contributed by atoms with van der Waals surface area (Å²) in [5, 5.41) is 0. The van der Waals surface area contributed by atoms with Gasteiger partial charge in [0.1, 0.15) is 5.75 Å². The quantitative estimate of drug-likeness (QED) is 0.795. The molecular weight excluding hydrogens is 221 g/mol. The predicted octanol–water partition coefficient (Wildman–Crippen LogP) is 2.26. The maximum Gasteiger partial charge on any atom is 0.389 e. The summed E-state index contributed by atoms with van der Waals surface area (Å²) in [7, 11) is 0. The van der Waals surface area contributed by atoms with E-state index in [0.717, 1.165) is 0 Å². The Morgan fingerprint density at radius 3 is 2.75 bits per heavy atom. The fraction of sp³-hybridized carbons (Fsp3) is 0.500. The highest BCUT2D eigenvalue weighted by atomic mass is 19.4. The van der Waals surface area contributed by atoms with E-state index >= 15 is 0 Å². The van der Waals surface area contributed by atoms with Crippen molar-refractivity contribution in [3.8, 4) is 5.75 Å². The van der Waals surface area contributed by atoms with Crippen molar-refractivity contribution >= 4 is 0 Å². The predicted molar refractivity (Wildman–Crippen MR) is 52.9 cm³/mol. The monoisotopic (exact) mass is 234 g/mol. The van der Waals surface area contributed by atoms with Crippen LogP contribution in [0.25, 0.3) is 0 Å². The molecule has 0 fully saturated rings. The number of hydrogen-bond acceptors (Lipinski definition) is 3. The Kier molecular flexibility index (Phi) is 4.54. The Morgan fingerprint density at radius 2 is 2.12 bits per heavy atom. The van der Waals surface area contributed by atoms with E-state index in [1.165, 1.54) is 6.20 Å². The van der Waals surface area contributed by atoms with Gasteiger partial charge in [-0.1, -0.05) is 0 Å². The van der Waals surface area contributed by atoms with E-state index in [1.807, 2.05) is 0 Å². The van der Waals surface area contributed by atoms with Gasteiger partial charge in [0.05, 0.1) is 12.3 Å². The van der Waals surface area contributed by atoms with Crippen molar-refractivity contribution in [1.82, 2.24) is 4.98 Å². The lowest BCUT2D eigenvalue weighted by molar-refractivity contribution is -0.136. The second-order valence-electron chi connectivity index (χ2n) is 3.25. The number of nitrogens with zero attached hydrogens (tertiary/aromatic N) is 1. The highest BCUT2D eigenvalue weighted by molar-refractivity contribution is 5.22. The van der Waals surface area contributed by atoms with Gasteiger partial charge in [-0.2, -0.15) is 13.2 Å². The molecule has 0 aliphatic carbocycles. The van der Waals surface area contributed by atoms with Crippen LogP contribution in [-0.4, -0.2) is 17.8 Å². The number of pyridine rings is 1. The molecule has 90 valence electrons. The molecule has 0 radical (unpaired) electrons. The summed E-state index contributed by atoms with van der Waals surface area (Å²) in [6.07, 6.45) is -3.49. The van der Waals surface area contributed by atoms with Crippen LogP contribution in [0.4, 0.5) is 13.2 Å². The molecule has 2 N–H and O–H groups in total. The fourth-order valence-electron chi connectivity index (χ4n) is 1.12. The molecular formula is C10H13F3N2O. The summed E-state index contributed by atoms with van der Waals surface area (Å²) < 4.78 is 40.6. The summed E-state index contributed by atoms with van der Waals surface area (Å²) in [6.45, 7) is 0.313. The second-order valence-corrected chi connectivity index (χ2v) is 3.25. The second kappa shape index (κ2) is 5.69. The summed E-state index contributed by atoms with van der Waals surface area (Å²) in [6, 6.07) is 3.21. The Morgan fingerprint density at radius 1 is 1.38 bits per heavy atom. The molecule has 6 heteroatoms. The number of nitrogens with two attached hydrogens (primary N) is 1. The molecule has 1 rings (SSSR count). The lowest BCUT2D eigenvalue weighted by atomic mass is 10.3. The molecule has 16 heavy (non-hydrogen) atoms. The van der Waals surface area contributed by atoms with Gasteiger partial charge >= 0.3 is 6.18 Å². The topological polar surface area (TPSA) is 48.1 Å². The van der Waals surface area contributed by atoms with Gasteiger partial charge in [0.25, 0.3) is 0 Å².